The van der Waals surface area contributed by atoms with E-state index in [0.717, 1.165) is 19.3 Å². The number of rotatable bonds is 10. The third-order valence-electron chi connectivity index (χ3n) is 4.21. The molecule has 1 amide bonds. The molecule has 0 radical (unpaired) electrons. The molecular weight excluding hydrogens is 316 g/mol. The first-order valence-electron chi connectivity index (χ1n) is 9.64. The summed E-state index contributed by atoms with van der Waals surface area (Å²) in [5, 5.41) is 0. The van der Waals surface area contributed by atoms with Crippen LogP contribution in [0.5, 0.6) is 0 Å². The molecule has 0 rings (SSSR count). The predicted molar refractivity (Wildman–Crippen MR) is 103 cm³/mol. The Morgan fingerprint density at radius 2 is 1.68 bits per heavy atom. The number of likely N-dealkylation sites (N-methyl/N-ethyl adjacent to an activating group) is 1. The number of hydrogen-bond acceptors (Lipinski definition) is 4. The molecule has 0 aliphatic rings. The molecule has 0 aromatic carbocycles. The summed E-state index contributed by atoms with van der Waals surface area (Å²) in [7, 11) is 1.66. The van der Waals surface area contributed by atoms with Gasteiger partial charge < -0.3 is 15.4 Å². The number of carbonyl (C=O) groups is 2. The number of carbonyl (C=O) groups excluding carboxylic acids is 2. The van der Waals surface area contributed by atoms with E-state index in [-0.39, 0.29) is 17.8 Å². The van der Waals surface area contributed by atoms with E-state index < -0.39 is 17.7 Å². The molecule has 0 aliphatic heterocycles. The number of ether oxygens (including phenoxy) is 1. The van der Waals surface area contributed by atoms with Gasteiger partial charge in [-0.15, -0.1) is 0 Å². The third kappa shape index (κ3) is 9.83. The maximum absolute atomic E-state index is 12.7. The zero-order valence-electron chi connectivity index (χ0n) is 17.6. The summed E-state index contributed by atoms with van der Waals surface area (Å²) < 4.78 is 5.51. The van der Waals surface area contributed by atoms with Crippen LogP contribution in [0.4, 0.5) is 0 Å². The van der Waals surface area contributed by atoms with Gasteiger partial charge in [0.1, 0.15) is 11.6 Å². The zero-order chi connectivity index (χ0) is 19.8. The monoisotopic (exact) mass is 356 g/mol. The number of amides is 1. The van der Waals surface area contributed by atoms with Crippen molar-refractivity contribution in [3.63, 3.8) is 0 Å². The average Bonchev–Trinajstić information content (AvgIpc) is 2.46. The van der Waals surface area contributed by atoms with Gasteiger partial charge in [-0.3, -0.25) is 4.79 Å². The van der Waals surface area contributed by atoms with Crippen LogP contribution in [0.2, 0.25) is 0 Å². The van der Waals surface area contributed by atoms with Crippen LogP contribution in [-0.2, 0) is 14.3 Å². The predicted octanol–water partition coefficient (Wildman–Crippen LogP) is 3.74. The number of nitrogens with zero attached hydrogens (tertiary/aromatic N) is 1. The van der Waals surface area contributed by atoms with E-state index in [0.29, 0.717) is 18.8 Å². The van der Waals surface area contributed by atoms with Crippen molar-refractivity contribution < 1.29 is 14.3 Å². The van der Waals surface area contributed by atoms with E-state index in [1.807, 2.05) is 34.6 Å². The van der Waals surface area contributed by atoms with E-state index in [9.17, 15) is 9.59 Å². The molecule has 5 heteroatoms. The summed E-state index contributed by atoms with van der Waals surface area (Å²) in [5.41, 5.74) is 5.57. The highest BCUT2D eigenvalue weighted by molar-refractivity contribution is 5.87. The van der Waals surface area contributed by atoms with Crippen LogP contribution in [0.1, 0.15) is 80.6 Å². The third-order valence-corrected chi connectivity index (χ3v) is 4.21. The van der Waals surface area contributed by atoms with Gasteiger partial charge in [0.05, 0.1) is 6.04 Å². The minimum atomic E-state index is -0.594. The van der Waals surface area contributed by atoms with Crippen molar-refractivity contribution in [3.8, 4) is 0 Å². The van der Waals surface area contributed by atoms with Crippen LogP contribution in [-0.4, -0.2) is 41.5 Å². The van der Waals surface area contributed by atoms with Gasteiger partial charge in [0, 0.05) is 7.05 Å². The number of hydrogen-bond donors (Lipinski definition) is 1. The van der Waals surface area contributed by atoms with Crippen molar-refractivity contribution in [3.05, 3.63) is 0 Å². The van der Waals surface area contributed by atoms with Gasteiger partial charge in [0.2, 0.25) is 5.91 Å². The molecule has 25 heavy (non-hydrogen) atoms. The van der Waals surface area contributed by atoms with Crippen LogP contribution >= 0.6 is 0 Å². The largest absolute Gasteiger partial charge is 0.458 e. The summed E-state index contributed by atoms with van der Waals surface area (Å²) in [5.74, 6) is 0.132. The lowest BCUT2D eigenvalue weighted by Gasteiger charge is -2.32. The first-order valence-corrected chi connectivity index (χ1v) is 9.64. The highest BCUT2D eigenvalue weighted by Gasteiger charge is 2.33. The molecular formula is C20H40N2O3. The maximum Gasteiger partial charge on any atom is 0.329 e. The fraction of sp³-hybridized carbons (Fsp3) is 0.900. The second kappa shape index (κ2) is 10.8. The van der Waals surface area contributed by atoms with E-state index in [1.165, 1.54) is 4.90 Å². The molecule has 148 valence electrons. The Bertz CT molecular complexity index is 416. The highest BCUT2D eigenvalue weighted by atomic mass is 16.6. The van der Waals surface area contributed by atoms with Gasteiger partial charge in [0.25, 0.3) is 0 Å². The average molecular weight is 357 g/mol. The minimum Gasteiger partial charge on any atom is -0.458 e. The molecule has 0 aromatic rings. The van der Waals surface area contributed by atoms with Gasteiger partial charge in [0.15, 0.2) is 0 Å². The van der Waals surface area contributed by atoms with E-state index in [4.69, 9.17) is 10.5 Å². The first kappa shape index (κ1) is 23.9. The van der Waals surface area contributed by atoms with Crippen molar-refractivity contribution in [2.75, 3.05) is 7.05 Å². The van der Waals surface area contributed by atoms with Crippen molar-refractivity contribution >= 4 is 11.9 Å². The SMILES string of the molecule is CCCC[C@@H](C)C[C@H](N)C(=O)N(C)[C@@H](CC(C)C)C(=O)OC(C)(C)C. The van der Waals surface area contributed by atoms with E-state index in [1.54, 1.807) is 7.05 Å². The topological polar surface area (TPSA) is 72.6 Å². The van der Waals surface area contributed by atoms with Crippen LogP contribution in [0, 0.1) is 11.8 Å². The number of nitrogens with two attached hydrogens (primary N) is 1. The van der Waals surface area contributed by atoms with Crippen LogP contribution in [0.15, 0.2) is 0 Å². The Balaban J connectivity index is 5.00. The maximum atomic E-state index is 12.7. The van der Waals surface area contributed by atoms with Crippen molar-refractivity contribution in [1.29, 1.82) is 0 Å². The van der Waals surface area contributed by atoms with Gasteiger partial charge in [-0.2, -0.15) is 0 Å². The summed E-state index contributed by atoms with van der Waals surface area (Å²) >= 11 is 0. The second-order valence-corrected chi connectivity index (χ2v) is 8.72. The quantitative estimate of drug-likeness (QED) is 0.605. The van der Waals surface area contributed by atoms with E-state index >= 15 is 0 Å². The molecule has 0 spiro atoms. The normalized spacial score (nSPS) is 15.6. The smallest absolute Gasteiger partial charge is 0.329 e. The Morgan fingerprint density at radius 3 is 2.12 bits per heavy atom. The Morgan fingerprint density at radius 1 is 1.12 bits per heavy atom. The molecule has 5 nitrogen and oxygen atoms in total. The van der Waals surface area contributed by atoms with Crippen molar-refractivity contribution in [2.24, 2.45) is 17.6 Å². The molecule has 0 unspecified atom stereocenters. The molecule has 0 saturated carbocycles. The molecule has 3 atom stereocenters. The Labute approximate surface area is 154 Å². The van der Waals surface area contributed by atoms with Crippen LogP contribution in [0.25, 0.3) is 0 Å². The molecule has 0 aromatic heterocycles. The first-order chi connectivity index (χ1) is 11.4. The molecule has 0 heterocycles. The van der Waals surface area contributed by atoms with Gasteiger partial charge in [-0.1, -0.05) is 47.0 Å². The Hall–Kier alpha value is -1.10. The van der Waals surface area contributed by atoms with Gasteiger partial charge in [-0.25, -0.2) is 4.79 Å². The lowest BCUT2D eigenvalue weighted by Crippen LogP contribution is -2.51. The fourth-order valence-electron chi connectivity index (χ4n) is 2.85. The number of esters is 1. The summed E-state index contributed by atoms with van der Waals surface area (Å²) in [6.45, 7) is 13.8. The summed E-state index contributed by atoms with van der Waals surface area (Å²) in [6, 6.07) is -1.17. The molecule has 0 saturated heterocycles. The minimum absolute atomic E-state index is 0.181. The zero-order valence-corrected chi connectivity index (χ0v) is 17.6. The summed E-state index contributed by atoms with van der Waals surface area (Å²) in [4.78, 5) is 26.8. The fourth-order valence-corrected chi connectivity index (χ4v) is 2.85. The van der Waals surface area contributed by atoms with Gasteiger partial charge in [-0.05, 0) is 45.4 Å². The molecule has 2 N–H and O–H groups in total. The van der Waals surface area contributed by atoms with E-state index in [2.05, 4.69) is 13.8 Å². The number of unbranched alkanes of at least 4 members (excludes halogenated alkanes) is 1. The Kier molecular flexibility index (Phi) is 10.3. The standard InChI is InChI=1S/C20H40N2O3/c1-9-10-11-15(4)13-16(21)18(23)22(8)17(12-14(2)3)19(24)25-20(5,6)7/h14-17H,9-13,21H2,1-8H3/t15-,16+,17+/m1/s1. The van der Waals surface area contributed by atoms with Crippen LogP contribution in [0.3, 0.4) is 0 Å². The van der Waals surface area contributed by atoms with Gasteiger partial charge >= 0.3 is 5.97 Å². The molecule has 0 bridgehead atoms. The van der Waals surface area contributed by atoms with Crippen molar-refractivity contribution in [2.45, 2.75) is 98.3 Å². The molecule has 0 fully saturated rings. The van der Waals surface area contributed by atoms with Crippen LogP contribution < -0.4 is 5.73 Å². The highest BCUT2D eigenvalue weighted by Crippen LogP contribution is 2.19. The summed E-state index contributed by atoms with van der Waals surface area (Å²) in [6.07, 6.45) is 4.57. The lowest BCUT2D eigenvalue weighted by atomic mass is 9.95. The molecule has 0 aliphatic carbocycles. The lowest BCUT2D eigenvalue weighted by molar-refractivity contribution is -0.165. The second-order valence-electron chi connectivity index (χ2n) is 8.72. The van der Waals surface area contributed by atoms with Crippen molar-refractivity contribution in [1.82, 2.24) is 4.90 Å².